The second-order valence-corrected chi connectivity index (χ2v) is 4.43. The van der Waals surface area contributed by atoms with Crippen LogP contribution in [0.25, 0.3) is 0 Å². The predicted molar refractivity (Wildman–Crippen MR) is 73.4 cm³/mol. The van der Waals surface area contributed by atoms with Crippen LogP contribution in [-0.2, 0) is 9.63 Å². The quantitative estimate of drug-likeness (QED) is 0.454. The first-order valence-electron chi connectivity index (χ1n) is 6.72. The fraction of sp³-hybridized carbons (Fsp3) is 0.429. The number of nitrogens with zero attached hydrogens (tertiary/aromatic N) is 1. The van der Waals surface area contributed by atoms with Crippen LogP contribution in [0.5, 0.6) is 0 Å². The highest BCUT2D eigenvalue weighted by Gasteiger charge is 2.12. The number of benzene rings is 1. The number of carbonyl (C=O) groups is 2. The third kappa shape index (κ3) is 6.20. The monoisotopic (exact) mass is 300 g/mol. The Balaban J connectivity index is 2.45. The van der Waals surface area contributed by atoms with Gasteiger partial charge in [-0.1, -0.05) is 26.2 Å². The van der Waals surface area contributed by atoms with Gasteiger partial charge in [0, 0.05) is 6.07 Å². The van der Waals surface area contributed by atoms with Gasteiger partial charge in [0.05, 0.1) is 12.2 Å². The summed E-state index contributed by atoms with van der Waals surface area (Å²) in [6.45, 7) is 2.32. The smallest absolute Gasteiger partial charge is 0.319 e. The lowest BCUT2D eigenvalue weighted by atomic mass is 10.2. The van der Waals surface area contributed by atoms with Crippen molar-refractivity contribution in [3.05, 3.63) is 29.8 Å². The predicted octanol–water partition coefficient (Wildman–Crippen LogP) is 3.47. The van der Waals surface area contributed by atoms with E-state index in [1.807, 2.05) is 0 Å². The van der Waals surface area contributed by atoms with Crippen molar-refractivity contribution in [3.8, 4) is 0 Å². The Morgan fingerprint density at radius 3 is 2.71 bits per heavy atom. The summed E-state index contributed by atoms with van der Waals surface area (Å²) < 4.78 is 26.0. The topological polar surface area (TPSA) is 58.6 Å². The molecule has 1 aromatic carbocycles. The summed E-state index contributed by atoms with van der Waals surface area (Å²) in [5.41, 5.74) is -0.224. The summed E-state index contributed by atoms with van der Waals surface area (Å²) in [4.78, 5) is 27.0. The summed E-state index contributed by atoms with van der Waals surface area (Å²) in [5, 5.41) is 2.94. The Hall–Kier alpha value is -2.18. The van der Waals surface area contributed by atoms with Crippen molar-refractivity contribution >= 4 is 18.2 Å². The Morgan fingerprint density at radius 1 is 1.33 bits per heavy atom. The fourth-order valence-corrected chi connectivity index (χ4v) is 1.64. The van der Waals surface area contributed by atoms with E-state index in [0.29, 0.717) is 18.9 Å². The number of nitrogens with one attached hydrogen (secondary N) is 1. The van der Waals surface area contributed by atoms with E-state index in [9.17, 15) is 18.4 Å². The number of hydrogen-bond donors (Lipinski definition) is 1. The van der Waals surface area contributed by atoms with Gasteiger partial charge in [-0.15, -0.1) is 0 Å². The molecule has 0 unspecified atom stereocenters. The van der Waals surface area contributed by atoms with Gasteiger partial charge in [-0.25, -0.2) is 13.6 Å². The number of anilines is 1. The Bertz CT molecular complexity index is 483. The molecule has 0 aromatic heterocycles. The molecule has 0 fully saturated rings. The zero-order chi connectivity index (χ0) is 15.7. The van der Waals surface area contributed by atoms with Crippen molar-refractivity contribution in [1.82, 2.24) is 5.06 Å². The summed E-state index contributed by atoms with van der Waals surface area (Å²) in [6.07, 6.45) is 3.06. The van der Waals surface area contributed by atoms with Crippen LogP contribution in [0.2, 0.25) is 0 Å². The van der Waals surface area contributed by atoms with Crippen LogP contribution in [0.15, 0.2) is 18.2 Å². The van der Waals surface area contributed by atoms with Crippen molar-refractivity contribution in [2.24, 2.45) is 0 Å². The number of unbranched alkanes of at least 4 members (excludes halogenated alkanes) is 3. The molecule has 0 atom stereocenters. The molecule has 0 heterocycles. The minimum absolute atomic E-state index is 0.224. The Morgan fingerprint density at radius 2 is 2.10 bits per heavy atom. The second kappa shape index (κ2) is 8.89. The summed E-state index contributed by atoms with van der Waals surface area (Å²) in [5.74, 6) is -1.68. The number of hydroxylamine groups is 2. The molecule has 21 heavy (non-hydrogen) atoms. The number of carbonyl (C=O) groups excluding carboxylic acids is 2. The molecule has 0 radical (unpaired) electrons. The van der Waals surface area contributed by atoms with Crippen LogP contribution >= 0.6 is 0 Å². The van der Waals surface area contributed by atoms with E-state index >= 15 is 0 Å². The molecule has 1 aromatic rings. The third-order valence-electron chi connectivity index (χ3n) is 2.72. The maximum absolute atomic E-state index is 13.3. The van der Waals surface area contributed by atoms with Crippen LogP contribution < -0.4 is 5.32 Å². The van der Waals surface area contributed by atoms with E-state index in [4.69, 9.17) is 4.84 Å². The van der Waals surface area contributed by atoms with E-state index in [2.05, 4.69) is 12.2 Å². The highest BCUT2D eigenvalue weighted by Crippen LogP contribution is 2.15. The first-order chi connectivity index (χ1) is 10.1. The van der Waals surface area contributed by atoms with Gasteiger partial charge in [0.25, 0.3) is 0 Å². The minimum atomic E-state index is -1.01. The maximum Gasteiger partial charge on any atom is 0.436 e. The van der Waals surface area contributed by atoms with Gasteiger partial charge < -0.3 is 4.84 Å². The molecule has 0 spiro atoms. The molecular weight excluding hydrogens is 282 g/mol. The van der Waals surface area contributed by atoms with Crippen LogP contribution in [0.4, 0.5) is 19.3 Å². The van der Waals surface area contributed by atoms with Crippen molar-refractivity contribution < 1.29 is 23.2 Å². The molecule has 7 heteroatoms. The van der Waals surface area contributed by atoms with Gasteiger partial charge in [-0.2, -0.15) is 5.06 Å². The molecule has 116 valence electrons. The molecule has 0 aliphatic heterocycles. The van der Waals surface area contributed by atoms with E-state index in [1.165, 1.54) is 0 Å². The van der Waals surface area contributed by atoms with E-state index < -0.39 is 17.7 Å². The van der Waals surface area contributed by atoms with E-state index in [-0.39, 0.29) is 12.2 Å². The Labute approximate surface area is 121 Å². The maximum atomic E-state index is 13.3. The highest BCUT2D eigenvalue weighted by molar-refractivity contribution is 5.84. The summed E-state index contributed by atoms with van der Waals surface area (Å²) in [7, 11) is 0. The molecule has 0 aliphatic rings. The molecular formula is C14H18F2N2O3. The lowest BCUT2D eigenvalue weighted by Gasteiger charge is -2.16. The average Bonchev–Trinajstić information content (AvgIpc) is 2.45. The molecule has 5 nitrogen and oxygen atoms in total. The molecule has 1 N–H and O–H groups in total. The van der Waals surface area contributed by atoms with Crippen LogP contribution in [0.3, 0.4) is 0 Å². The normalized spacial score (nSPS) is 10.0. The molecule has 0 bridgehead atoms. The molecule has 0 saturated carbocycles. The molecule has 0 saturated heterocycles. The average molecular weight is 300 g/mol. The summed E-state index contributed by atoms with van der Waals surface area (Å²) in [6, 6.07) is 2.71. The van der Waals surface area contributed by atoms with Gasteiger partial charge in [-0.05, 0) is 18.6 Å². The third-order valence-corrected chi connectivity index (χ3v) is 2.72. The van der Waals surface area contributed by atoms with E-state index in [0.717, 1.165) is 36.5 Å². The number of amides is 2. The van der Waals surface area contributed by atoms with Crippen molar-refractivity contribution in [2.75, 3.05) is 11.9 Å². The second-order valence-electron chi connectivity index (χ2n) is 4.43. The standard InChI is InChI=1S/C14H18F2N2O3/c1-2-3-4-5-8-18(10-19)21-14(20)17-13-7-6-11(15)9-12(13)16/h6-7,9-10H,2-5,8H2,1H3,(H,17,20). The first-order valence-corrected chi connectivity index (χ1v) is 6.72. The van der Waals surface area contributed by atoms with Crippen molar-refractivity contribution in [2.45, 2.75) is 32.6 Å². The highest BCUT2D eigenvalue weighted by atomic mass is 19.1. The lowest BCUT2D eigenvalue weighted by molar-refractivity contribution is -0.149. The lowest BCUT2D eigenvalue weighted by Crippen LogP contribution is -2.29. The number of rotatable bonds is 8. The molecule has 0 aliphatic carbocycles. The largest absolute Gasteiger partial charge is 0.436 e. The van der Waals surface area contributed by atoms with Gasteiger partial charge in [0.1, 0.15) is 11.6 Å². The van der Waals surface area contributed by atoms with Crippen LogP contribution in [0, 0.1) is 11.6 Å². The van der Waals surface area contributed by atoms with Crippen molar-refractivity contribution in [3.63, 3.8) is 0 Å². The van der Waals surface area contributed by atoms with Crippen molar-refractivity contribution in [1.29, 1.82) is 0 Å². The zero-order valence-electron chi connectivity index (χ0n) is 11.8. The SMILES string of the molecule is CCCCCCN(C=O)OC(=O)Nc1ccc(F)cc1F. The molecule has 2 amide bonds. The van der Waals surface area contributed by atoms with Crippen LogP contribution in [0.1, 0.15) is 32.6 Å². The minimum Gasteiger partial charge on any atom is -0.319 e. The van der Waals surface area contributed by atoms with Crippen LogP contribution in [-0.4, -0.2) is 24.1 Å². The Kier molecular flexibility index (Phi) is 7.14. The molecule has 1 rings (SSSR count). The first kappa shape index (κ1) is 16.9. The van der Waals surface area contributed by atoms with Gasteiger partial charge >= 0.3 is 6.09 Å². The number of hydrogen-bond acceptors (Lipinski definition) is 3. The van der Waals surface area contributed by atoms with Gasteiger partial charge in [-0.3, -0.25) is 10.1 Å². The van der Waals surface area contributed by atoms with E-state index in [1.54, 1.807) is 0 Å². The fourth-order valence-electron chi connectivity index (χ4n) is 1.64. The van der Waals surface area contributed by atoms with Gasteiger partial charge in [0.2, 0.25) is 6.41 Å². The summed E-state index contributed by atoms with van der Waals surface area (Å²) >= 11 is 0. The number of halogens is 2. The zero-order valence-corrected chi connectivity index (χ0v) is 11.8. The van der Waals surface area contributed by atoms with Gasteiger partial charge in [0.15, 0.2) is 0 Å².